The molecule has 10 N–H and O–H groups in total. The first-order valence-electron chi connectivity index (χ1n) is 18.1. The highest BCUT2D eigenvalue weighted by Gasteiger charge is 2.31. The van der Waals surface area contributed by atoms with E-state index in [-0.39, 0.29) is 29.0 Å². The van der Waals surface area contributed by atoms with Crippen molar-refractivity contribution in [2.24, 2.45) is 5.92 Å². The summed E-state index contributed by atoms with van der Waals surface area (Å²) < 4.78 is 27.2. The van der Waals surface area contributed by atoms with Crippen molar-refractivity contribution >= 4 is 28.0 Å². The number of hydrogen-bond acceptors (Lipinski definition) is 14. The summed E-state index contributed by atoms with van der Waals surface area (Å²) in [6.07, 6.45) is -0.0305. The number of urea groups is 2. The summed E-state index contributed by atoms with van der Waals surface area (Å²) in [6, 6.07) is 4.99. The number of carbonyl (C=O) groups is 3. The van der Waals surface area contributed by atoms with E-state index in [2.05, 4.69) is 32.2 Å². The topological polar surface area (TPSA) is 292 Å². The van der Waals surface area contributed by atoms with Gasteiger partial charge >= 0.3 is 12.1 Å². The van der Waals surface area contributed by atoms with E-state index in [9.17, 15) is 48.3 Å². The molecule has 2 heterocycles. The van der Waals surface area contributed by atoms with Gasteiger partial charge in [0.15, 0.2) is 0 Å². The molecular formula is C36H54N6O12S. The van der Waals surface area contributed by atoms with Gasteiger partial charge in [0, 0.05) is 30.8 Å². The number of nitrogens with zero attached hydrogens (tertiary/aromatic N) is 3. The fraction of sp³-hybridized carbons (Fsp3) is 0.583. The highest BCUT2D eigenvalue weighted by atomic mass is 32.2. The van der Waals surface area contributed by atoms with Crippen LogP contribution in [0.15, 0.2) is 52.7 Å². The minimum Gasteiger partial charge on any atom is -0.394 e. The van der Waals surface area contributed by atoms with Crippen LogP contribution < -0.4 is 15.4 Å². The third kappa shape index (κ3) is 13.3. The van der Waals surface area contributed by atoms with Crippen molar-refractivity contribution < 1.29 is 58.5 Å². The van der Waals surface area contributed by atoms with Crippen LogP contribution in [0.1, 0.15) is 75.9 Å². The van der Waals surface area contributed by atoms with Crippen LogP contribution in [-0.2, 0) is 27.7 Å². The average Bonchev–Trinajstić information content (AvgIpc) is 3.46. The van der Waals surface area contributed by atoms with E-state index in [1.807, 2.05) is 13.8 Å². The predicted molar refractivity (Wildman–Crippen MR) is 197 cm³/mol. The lowest BCUT2D eigenvalue weighted by Crippen LogP contribution is -2.45. The third-order valence-corrected chi connectivity index (χ3v) is 10.8. The van der Waals surface area contributed by atoms with Crippen LogP contribution in [0.25, 0.3) is 0 Å². The minimum atomic E-state index is -3.98. The number of rotatable bonds is 15. The normalized spacial score (nSPS) is 20.1. The molecular weight excluding hydrogens is 740 g/mol. The Kier molecular flexibility index (Phi) is 17.5. The SMILES string of the molecule is CCC1=C(C)CN(C(=O)NCCc2ccc(S(=O)(=O)NC(=O)NC3CCC(C)CC3)cc2)C1=O.OC[C@@H](O)[C@@H](O)[C@H](O)c1cnc(C[C@H](O)[C@H](O)CO)cn1. The number of aliphatic hydroxyl groups excluding tert-OH is 7. The first-order chi connectivity index (χ1) is 26.0. The molecule has 1 fully saturated rings. The monoisotopic (exact) mass is 794 g/mol. The summed E-state index contributed by atoms with van der Waals surface area (Å²) in [4.78, 5) is 45.7. The van der Waals surface area contributed by atoms with Gasteiger partial charge in [-0.15, -0.1) is 0 Å². The predicted octanol–water partition coefficient (Wildman–Crippen LogP) is -0.445. The molecule has 0 bridgehead atoms. The molecule has 1 aliphatic heterocycles. The average molecular weight is 795 g/mol. The Morgan fingerprint density at radius 3 is 2.11 bits per heavy atom. The van der Waals surface area contributed by atoms with Crippen molar-refractivity contribution in [2.75, 3.05) is 26.3 Å². The number of nitrogens with one attached hydrogen (secondary N) is 3. The van der Waals surface area contributed by atoms with Gasteiger partial charge in [0.1, 0.15) is 24.4 Å². The van der Waals surface area contributed by atoms with Gasteiger partial charge in [-0.25, -0.2) is 22.7 Å². The molecule has 4 rings (SSSR count). The Labute approximate surface area is 320 Å². The van der Waals surface area contributed by atoms with Crippen LogP contribution in [0.5, 0.6) is 0 Å². The number of imide groups is 1. The Bertz CT molecular complexity index is 1700. The van der Waals surface area contributed by atoms with Gasteiger partial charge in [0.25, 0.3) is 15.9 Å². The maximum absolute atomic E-state index is 12.5. The molecule has 1 saturated carbocycles. The quantitative estimate of drug-likeness (QED) is 0.109. The Morgan fingerprint density at radius 2 is 1.56 bits per heavy atom. The van der Waals surface area contributed by atoms with Crippen LogP contribution in [0.4, 0.5) is 9.59 Å². The molecule has 5 atom stereocenters. The number of sulfonamides is 1. The number of hydrogen-bond donors (Lipinski definition) is 10. The molecule has 18 nitrogen and oxygen atoms in total. The molecule has 1 aromatic carbocycles. The number of carbonyl (C=O) groups excluding carboxylic acids is 3. The van der Waals surface area contributed by atoms with Crippen LogP contribution >= 0.6 is 0 Å². The Hall–Kier alpha value is -4.08. The molecule has 2 aliphatic rings. The van der Waals surface area contributed by atoms with Gasteiger partial charge in [-0.2, -0.15) is 0 Å². The maximum Gasteiger partial charge on any atom is 0.328 e. The molecule has 0 unspecified atom stereocenters. The van der Waals surface area contributed by atoms with Crippen molar-refractivity contribution in [3.63, 3.8) is 0 Å². The van der Waals surface area contributed by atoms with E-state index < -0.39 is 65.8 Å². The van der Waals surface area contributed by atoms with Gasteiger partial charge < -0.3 is 46.4 Å². The number of benzene rings is 1. The first kappa shape index (κ1) is 45.3. The van der Waals surface area contributed by atoms with Gasteiger partial charge in [0.2, 0.25) is 0 Å². The zero-order valence-electron chi connectivity index (χ0n) is 31.2. The van der Waals surface area contributed by atoms with Crippen LogP contribution in [0.2, 0.25) is 0 Å². The van der Waals surface area contributed by atoms with Crippen molar-refractivity contribution in [3.05, 3.63) is 64.8 Å². The minimum absolute atomic E-state index is 0.00639. The van der Waals surface area contributed by atoms with Crippen molar-refractivity contribution in [1.82, 2.24) is 30.2 Å². The lowest BCUT2D eigenvalue weighted by atomic mass is 9.87. The molecule has 1 aliphatic carbocycles. The summed E-state index contributed by atoms with van der Waals surface area (Å²) in [5, 5.41) is 70.1. The lowest BCUT2D eigenvalue weighted by Gasteiger charge is -2.26. The second kappa shape index (κ2) is 21.3. The summed E-state index contributed by atoms with van der Waals surface area (Å²) >= 11 is 0. The zero-order valence-corrected chi connectivity index (χ0v) is 32.0. The van der Waals surface area contributed by atoms with Crippen LogP contribution in [-0.4, -0.2) is 134 Å². The van der Waals surface area contributed by atoms with Crippen molar-refractivity contribution in [2.45, 2.75) is 107 Å². The molecule has 1 aromatic heterocycles. The zero-order chi connectivity index (χ0) is 40.9. The van der Waals surface area contributed by atoms with E-state index in [1.54, 1.807) is 12.1 Å². The van der Waals surface area contributed by atoms with E-state index in [0.717, 1.165) is 43.0 Å². The molecule has 0 spiro atoms. The van der Waals surface area contributed by atoms with Gasteiger partial charge in [0.05, 0.1) is 48.3 Å². The van der Waals surface area contributed by atoms with Crippen LogP contribution in [0.3, 0.4) is 0 Å². The smallest absolute Gasteiger partial charge is 0.328 e. The lowest BCUT2D eigenvalue weighted by molar-refractivity contribution is -0.123. The molecule has 5 amide bonds. The molecule has 0 radical (unpaired) electrons. The van der Waals surface area contributed by atoms with Crippen molar-refractivity contribution in [1.29, 1.82) is 0 Å². The number of amides is 5. The fourth-order valence-electron chi connectivity index (χ4n) is 6.00. The second-order valence-corrected chi connectivity index (χ2v) is 15.5. The molecule has 0 saturated heterocycles. The van der Waals surface area contributed by atoms with E-state index >= 15 is 0 Å². The highest BCUT2D eigenvalue weighted by molar-refractivity contribution is 7.90. The summed E-state index contributed by atoms with van der Waals surface area (Å²) in [5.74, 6) is 0.385. The van der Waals surface area contributed by atoms with Crippen molar-refractivity contribution in [3.8, 4) is 0 Å². The van der Waals surface area contributed by atoms with E-state index in [0.29, 0.717) is 43.1 Å². The summed E-state index contributed by atoms with van der Waals surface area (Å²) in [7, 11) is -3.98. The standard InChI is InChI=1S/C24H34N4O5S.C12H20N2O7/c1-4-21-17(3)15-28(22(21)29)24(31)25-14-13-18-7-11-20(12-8-18)34(32,33)27-23(30)26-19-9-5-16(2)6-10-19;15-4-9(18)8(17)1-6-2-14-7(3-13-6)11(20)12(21)10(19)5-16/h7-8,11-12,16,19H,4-6,9-10,13-15H2,1-3H3,(H,25,31)(H2,26,27,30);2-3,8-12,15-21H,1,4-5H2/t;8-,9+,10+,11+,12+/m.0/s1. The Morgan fingerprint density at radius 1 is 0.927 bits per heavy atom. The largest absolute Gasteiger partial charge is 0.394 e. The molecule has 306 valence electrons. The van der Waals surface area contributed by atoms with Gasteiger partial charge in [-0.05, 0) is 74.6 Å². The first-order valence-corrected chi connectivity index (χ1v) is 19.6. The summed E-state index contributed by atoms with van der Waals surface area (Å²) in [5.41, 5.74) is 2.70. The molecule has 19 heteroatoms. The third-order valence-electron chi connectivity index (χ3n) is 9.50. The molecule has 2 aromatic rings. The van der Waals surface area contributed by atoms with Gasteiger partial charge in [-0.1, -0.05) is 26.0 Å². The number of aromatic nitrogens is 2. The highest BCUT2D eigenvalue weighted by Crippen LogP contribution is 2.24. The van der Waals surface area contributed by atoms with Gasteiger partial charge in [-0.3, -0.25) is 19.7 Å². The second-order valence-electron chi connectivity index (χ2n) is 13.8. The maximum atomic E-state index is 12.5. The Balaban J connectivity index is 0.000000332. The number of aliphatic hydroxyl groups is 7. The molecule has 55 heavy (non-hydrogen) atoms. The van der Waals surface area contributed by atoms with E-state index in [4.69, 9.17) is 10.2 Å². The van der Waals surface area contributed by atoms with E-state index in [1.165, 1.54) is 23.2 Å². The van der Waals surface area contributed by atoms with Crippen LogP contribution in [0, 0.1) is 5.92 Å². The fourth-order valence-corrected chi connectivity index (χ4v) is 6.92. The summed E-state index contributed by atoms with van der Waals surface area (Å²) in [6.45, 7) is 5.23.